The molecule has 9 heteroatoms. The van der Waals surface area contributed by atoms with Gasteiger partial charge in [-0.25, -0.2) is 4.79 Å². The second-order valence-electron chi connectivity index (χ2n) is 4.43. The third kappa shape index (κ3) is 4.69. The molecule has 0 radical (unpaired) electrons. The molecular weight excluding hydrogens is 292 g/mol. The van der Waals surface area contributed by atoms with E-state index < -0.39 is 22.8 Å². The Balaban J connectivity index is 2.79. The second kappa shape index (κ2) is 7.91. The summed E-state index contributed by atoms with van der Waals surface area (Å²) in [6, 6.07) is -0.709. The SMILES string of the molecule is CCOC(=O)/C=C(\C)NC(=O)C(CC)n1cc([N+](=O)[O-])cn1. The Morgan fingerprint density at radius 1 is 1.55 bits per heavy atom. The van der Waals surface area contributed by atoms with Gasteiger partial charge in [0, 0.05) is 11.8 Å². The number of hydrogen-bond donors (Lipinski definition) is 1. The van der Waals surface area contributed by atoms with Crippen LogP contribution in [0.15, 0.2) is 24.2 Å². The van der Waals surface area contributed by atoms with E-state index in [4.69, 9.17) is 4.74 Å². The first-order valence-electron chi connectivity index (χ1n) is 6.73. The van der Waals surface area contributed by atoms with Gasteiger partial charge in [-0.1, -0.05) is 6.92 Å². The van der Waals surface area contributed by atoms with E-state index in [1.807, 2.05) is 0 Å². The molecule has 1 rings (SSSR count). The second-order valence-corrected chi connectivity index (χ2v) is 4.43. The fourth-order valence-electron chi connectivity index (χ4n) is 1.76. The lowest BCUT2D eigenvalue weighted by atomic mass is 10.2. The number of nitrogens with one attached hydrogen (secondary N) is 1. The summed E-state index contributed by atoms with van der Waals surface area (Å²) in [5, 5.41) is 17.0. The van der Waals surface area contributed by atoms with Crippen LogP contribution >= 0.6 is 0 Å². The topological polar surface area (TPSA) is 116 Å². The monoisotopic (exact) mass is 310 g/mol. The number of carbonyl (C=O) groups excluding carboxylic acids is 2. The highest BCUT2D eigenvalue weighted by molar-refractivity contribution is 5.86. The van der Waals surface area contributed by atoms with Crippen LogP contribution in [0.1, 0.15) is 33.2 Å². The molecule has 0 aliphatic carbocycles. The zero-order valence-electron chi connectivity index (χ0n) is 12.6. The third-order valence-electron chi connectivity index (χ3n) is 2.75. The lowest BCUT2D eigenvalue weighted by Gasteiger charge is -2.15. The zero-order valence-corrected chi connectivity index (χ0v) is 12.6. The maximum atomic E-state index is 12.2. The van der Waals surface area contributed by atoms with E-state index in [2.05, 4.69) is 10.4 Å². The van der Waals surface area contributed by atoms with Crippen molar-refractivity contribution < 1.29 is 19.2 Å². The molecule has 0 saturated heterocycles. The molecule has 0 aliphatic heterocycles. The van der Waals surface area contributed by atoms with Gasteiger partial charge >= 0.3 is 11.7 Å². The number of hydrogen-bond acceptors (Lipinski definition) is 6. The van der Waals surface area contributed by atoms with Crippen molar-refractivity contribution in [2.45, 2.75) is 33.2 Å². The number of aromatic nitrogens is 2. The van der Waals surface area contributed by atoms with Crippen molar-refractivity contribution in [2.75, 3.05) is 6.61 Å². The Morgan fingerprint density at radius 2 is 2.23 bits per heavy atom. The van der Waals surface area contributed by atoms with Gasteiger partial charge < -0.3 is 10.1 Å². The van der Waals surface area contributed by atoms with E-state index in [9.17, 15) is 19.7 Å². The first-order chi connectivity index (χ1) is 10.4. The normalized spacial score (nSPS) is 12.6. The Morgan fingerprint density at radius 3 is 2.73 bits per heavy atom. The number of allylic oxidation sites excluding steroid dienone is 1. The Labute approximate surface area is 127 Å². The predicted molar refractivity (Wildman–Crippen MR) is 76.7 cm³/mol. The number of carbonyl (C=O) groups is 2. The first-order valence-corrected chi connectivity index (χ1v) is 6.73. The first kappa shape index (κ1) is 17.3. The van der Waals surface area contributed by atoms with Crippen LogP contribution in [0.25, 0.3) is 0 Å². The average molecular weight is 310 g/mol. The minimum Gasteiger partial charge on any atom is -0.463 e. The van der Waals surface area contributed by atoms with Gasteiger partial charge in [0.2, 0.25) is 5.91 Å². The van der Waals surface area contributed by atoms with Gasteiger partial charge in [-0.3, -0.25) is 19.6 Å². The van der Waals surface area contributed by atoms with E-state index in [0.29, 0.717) is 12.1 Å². The van der Waals surface area contributed by atoms with Crippen LogP contribution in [0.5, 0.6) is 0 Å². The number of amides is 1. The van der Waals surface area contributed by atoms with Crippen LogP contribution < -0.4 is 5.32 Å². The molecule has 1 heterocycles. The molecule has 1 aromatic heterocycles. The predicted octanol–water partition coefficient (Wildman–Crippen LogP) is 1.33. The molecule has 9 nitrogen and oxygen atoms in total. The molecule has 22 heavy (non-hydrogen) atoms. The lowest BCUT2D eigenvalue weighted by molar-refractivity contribution is -0.385. The van der Waals surface area contributed by atoms with E-state index in [0.717, 1.165) is 6.20 Å². The van der Waals surface area contributed by atoms with Crippen LogP contribution in [-0.4, -0.2) is 33.2 Å². The maximum absolute atomic E-state index is 12.2. The zero-order chi connectivity index (χ0) is 16.7. The van der Waals surface area contributed by atoms with Gasteiger partial charge in [0.05, 0.1) is 11.5 Å². The van der Waals surface area contributed by atoms with Crippen molar-refractivity contribution in [1.82, 2.24) is 15.1 Å². The van der Waals surface area contributed by atoms with Crippen LogP contribution in [-0.2, 0) is 14.3 Å². The van der Waals surface area contributed by atoms with Crippen LogP contribution in [0.3, 0.4) is 0 Å². The molecule has 0 saturated carbocycles. The highest BCUT2D eigenvalue weighted by atomic mass is 16.6. The lowest BCUT2D eigenvalue weighted by Crippen LogP contribution is -2.31. The summed E-state index contributed by atoms with van der Waals surface area (Å²) in [5.74, 6) is -0.971. The standard InChI is InChI=1S/C13H18N4O5/c1-4-11(16-8-10(7-14-16)17(20)21)13(19)15-9(3)6-12(18)22-5-2/h6-8,11H,4-5H2,1-3H3,(H,15,19)/b9-6+. The summed E-state index contributed by atoms with van der Waals surface area (Å²) in [7, 11) is 0. The van der Waals surface area contributed by atoms with Gasteiger partial charge in [-0.15, -0.1) is 0 Å². The third-order valence-corrected chi connectivity index (χ3v) is 2.75. The van der Waals surface area contributed by atoms with E-state index in [1.54, 1.807) is 20.8 Å². The number of nitrogens with zero attached hydrogens (tertiary/aromatic N) is 3. The van der Waals surface area contributed by atoms with Crippen LogP contribution in [0.2, 0.25) is 0 Å². The number of esters is 1. The Kier molecular flexibility index (Phi) is 6.24. The summed E-state index contributed by atoms with van der Waals surface area (Å²) in [5.41, 5.74) is 0.133. The van der Waals surface area contributed by atoms with Crippen molar-refractivity contribution in [2.24, 2.45) is 0 Å². The van der Waals surface area contributed by atoms with E-state index in [-0.39, 0.29) is 12.3 Å². The molecule has 0 aliphatic rings. The highest BCUT2D eigenvalue weighted by Crippen LogP contribution is 2.16. The molecule has 1 amide bonds. The maximum Gasteiger partial charge on any atom is 0.332 e. The fourth-order valence-corrected chi connectivity index (χ4v) is 1.76. The van der Waals surface area contributed by atoms with E-state index in [1.165, 1.54) is 17.0 Å². The molecular formula is C13H18N4O5. The molecule has 1 unspecified atom stereocenters. The molecule has 0 fully saturated rings. The van der Waals surface area contributed by atoms with Gasteiger partial charge in [0.1, 0.15) is 18.4 Å². The summed E-state index contributed by atoms with van der Waals surface area (Å²) < 4.78 is 5.96. The molecule has 0 bridgehead atoms. The summed E-state index contributed by atoms with van der Waals surface area (Å²) in [6.07, 6.45) is 3.83. The summed E-state index contributed by atoms with van der Waals surface area (Å²) >= 11 is 0. The molecule has 0 spiro atoms. The quantitative estimate of drug-likeness (QED) is 0.351. The number of ether oxygens (including phenoxy) is 1. The van der Waals surface area contributed by atoms with Gasteiger partial charge in [-0.05, 0) is 20.3 Å². The fraction of sp³-hybridized carbons (Fsp3) is 0.462. The Hall–Kier alpha value is -2.71. The van der Waals surface area contributed by atoms with Gasteiger partial charge in [0.15, 0.2) is 0 Å². The van der Waals surface area contributed by atoms with Crippen molar-refractivity contribution in [3.05, 3.63) is 34.3 Å². The molecule has 1 N–H and O–H groups in total. The van der Waals surface area contributed by atoms with Crippen molar-refractivity contribution in [3.8, 4) is 0 Å². The molecule has 1 aromatic rings. The smallest absolute Gasteiger partial charge is 0.332 e. The number of rotatable bonds is 7. The van der Waals surface area contributed by atoms with Gasteiger partial charge in [-0.2, -0.15) is 5.10 Å². The summed E-state index contributed by atoms with van der Waals surface area (Å²) in [6.45, 7) is 5.22. The molecule has 1 atom stereocenters. The minimum absolute atomic E-state index is 0.190. The van der Waals surface area contributed by atoms with Crippen molar-refractivity contribution in [3.63, 3.8) is 0 Å². The number of nitro groups is 1. The van der Waals surface area contributed by atoms with Crippen molar-refractivity contribution in [1.29, 1.82) is 0 Å². The van der Waals surface area contributed by atoms with Crippen molar-refractivity contribution >= 4 is 17.6 Å². The van der Waals surface area contributed by atoms with Gasteiger partial charge in [0.25, 0.3) is 0 Å². The van der Waals surface area contributed by atoms with E-state index >= 15 is 0 Å². The van der Waals surface area contributed by atoms with Crippen LogP contribution in [0.4, 0.5) is 5.69 Å². The largest absolute Gasteiger partial charge is 0.463 e. The molecule has 0 aromatic carbocycles. The molecule has 120 valence electrons. The van der Waals surface area contributed by atoms with Crippen LogP contribution in [0, 0.1) is 10.1 Å². The summed E-state index contributed by atoms with van der Waals surface area (Å²) in [4.78, 5) is 33.5. The minimum atomic E-state index is -0.709. The highest BCUT2D eigenvalue weighted by Gasteiger charge is 2.22. The average Bonchev–Trinajstić information content (AvgIpc) is 2.89. The Bertz CT molecular complexity index is 593.